The summed E-state index contributed by atoms with van der Waals surface area (Å²) in [7, 11) is 2.15. The molecule has 146 valence electrons. The number of ether oxygens (including phenoxy) is 1. The van der Waals surface area contributed by atoms with Gasteiger partial charge in [0.05, 0.1) is 18.7 Å². The molecule has 1 aliphatic rings. The van der Waals surface area contributed by atoms with Gasteiger partial charge in [-0.25, -0.2) is 4.39 Å². The quantitative estimate of drug-likeness (QED) is 0.634. The fourth-order valence-corrected chi connectivity index (χ4v) is 4.27. The summed E-state index contributed by atoms with van der Waals surface area (Å²) in [6.07, 6.45) is 3.86. The van der Waals surface area contributed by atoms with Gasteiger partial charge in [-0.15, -0.1) is 0 Å². The number of piperidine rings is 1. The van der Waals surface area contributed by atoms with E-state index in [4.69, 9.17) is 4.74 Å². The van der Waals surface area contributed by atoms with Crippen LogP contribution in [0.25, 0.3) is 10.9 Å². The van der Waals surface area contributed by atoms with Crippen LogP contribution in [0.4, 0.5) is 4.39 Å². The van der Waals surface area contributed by atoms with Crippen LogP contribution in [0.3, 0.4) is 0 Å². The standard InChI is InChI=1S/C24H27FN2O/c1-18-14-19-4-3-11-26-23(19)20(15-18)16-28-17-24(9-12-27(2)13-10-24)21-5-7-22(25)8-6-21/h3-8,11,14-15H,9-10,12-13,16-17H2,1-2H3. The third kappa shape index (κ3) is 3.94. The third-order valence-electron chi connectivity index (χ3n) is 5.96. The van der Waals surface area contributed by atoms with Crippen molar-refractivity contribution in [3.05, 3.63) is 77.2 Å². The van der Waals surface area contributed by atoms with Gasteiger partial charge in [0.15, 0.2) is 0 Å². The van der Waals surface area contributed by atoms with Crippen molar-refractivity contribution < 1.29 is 9.13 Å². The summed E-state index contributed by atoms with van der Waals surface area (Å²) in [6, 6.07) is 15.4. The molecule has 1 fully saturated rings. The van der Waals surface area contributed by atoms with Crippen molar-refractivity contribution in [3.63, 3.8) is 0 Å². The number of benzene rings is 2. The zero-order valence-corrected chi connectivity index (χ0v) is 16.6. The van der Waals surface area contributed by atoms with E-state index >= 15 is 0 Å². The van der Waals surface area contributed by atoms with Crippen LogP contribution >= 0.6 is 0 Å². The molecular weight excluding hydrogens is 351 g/mol. The Hall–Kier alpha value is -2.30. The topological polar surface area (TPSA) is 25.4 Å². The Kier molecular flexibility index (Phi) is 5.42. The molecule has 0 aliphatic carbocycles. The molecule has 0 atom stereocenters. The first-order chi connectivity index (χ1) is 13.6. The number of nitrogens with zero attached hydrogens (tertiary/aromatic N) is 2. The average Bonchev–Trinajstić information content (AvgIpc) is 2.70. The number of halogens is 1. The second-order valence-corrected chi connectivity index (χ2v) is 8.08. The van der Waals surface area contributed by atoms with E-state index in [-0.39, 0.29) is 11.2 Å². The van der Waals surface area contributed by atoms with Crippen LogP contribution in [0.5, 0.6) is 0 Å². The molecule has 0 N–H and O–H groups in total. The molecule has 0 spiro atoms. The maximum absolute atomic E-state index is 13.5. The Labute approximate surface area is 166 Å². The van der Waals surface area contributed by atoms with E-state index in [0.29, 0.717) is 13.2 Å². The Morgan fingerprint density at radius 1 is 1.11 bits per heavy atom. The van der Waals surface area contributed by atoms with Crippen LogP contribution in [0, 0.1) is 12.7 Å². The fourth-order valence-electron chi connectivity index (χ4n) is 4.27. The Balaban J connectivity index is 1.55. The summed E-state index contributed by atoms with van der Waals surface area (Å²) in [4.78, 5) is 6.90. The van der Waals surface area contributed by atoms with Crippen molar-refractivity contribution in [1.29, 1.82) is 0 Å². The van der Waals surface area contributed by atoms with Gasteiger partial charge in [-0.1, -0.05) is 29.8 Å². The average molecular weight is 378 g/mol. The molecule has 0 amide bonds. The molecule has 28 heavy (non-hydrogen) atoms. The highest BCUT2D eigenvalue weighted by atomic mass is 19.1. The van der Waals surface area contributed by atoms with Crippen LogP contribution in [0.15, 0.2) is 54.7 Å². The summed E-state index contributed by atoms with van der Waals surface area (Å²) < 4.78 is 19.7. The van der Waals surface area contributed by atoms with Crippen molar-refractivity contribution in [2.75, 3.05) is 26.7 Å². The molecule has 0 radical (unpaired) electrons. The van der Waals surface area contributed by atoms with Crippen molar-refractivity contribution in [2.45, 2.75) is 31.8 Å². The maximum atomic E-state index is 13.5. The van der Waals surface area contributed by atoms with E-state index < -0.39 is 0 Å². The number of aryl methyl sites for hydroxylation is 1. The summed E-state index contributed by atoms with van der Waals surface area (Å²) in [5, 5.41) is 1.15. The van der Waals surface area contributed by atoms with Crippen LogP contribution in [-0.2, 0) is 16.8 Å². The second kappa shape index (κ2) is 7.98. The first-order valence-corrected chi connectivity index (χ1v) is 9.92. The zero-order chi connectivity index (χ0) is 19.6. The molecule has 3 nitrogen and oxygen atoms in total. The van der Waals surface area contributed by atoms with Gasteiger partial charge in [-0.05, 0) is 69.7 Å². The Bertz CT molecular complexity index is 946. The van der Waals surface area contributed by atoms with Gasteiger partial charge in [0.2, 0.25) is 0 Å². The molecule has 0 unspecified atom stereocenters. The normalized spacial score (nSPS) is 17.1. The Morgan fingerprint density at radius 2 is 1.86 bits per heavy atom. The van der Waals surface area contributed by atoms with Crippen molar-refractivity contribution in [3.8, 4) is 0 Å². The van der Waals surface area contributed by atoms with Crippen molar-refractivity contribution in [2.24, 2.45) is 0 Å². The number of fused-ring (bicyclic) bond motifs is 1. The highest BCUT2D eigenvalue weighted by Gasteiger charge is 2.35. The summed E-state index contributed by atoms with van der Waals surface area (Å²) >= 11 is 0. The predicted octanol–water partition coefficient (Wildman–Crippen LogP) is 4.86. The van der Waals surface area contributed by atoms with Crippen LogP contribution < -0.4 is 0 Å². The monoisotopic (exact) mass is 378 g/mol. The SMILES string of the molecule is Cc1cc(COCC2(c3ccc(F)cc3)CCN(C)CC2)c2ncccc2c1. The number of hydrogen-bond acceptors (Lipinski definition) is 3. The van der Waals surface area contributed by atoms with E-state index in [9.17, 15) is 4.39 Å². The summed E-state index contributed by atoms with van der Waals surface area (Å²) in [5.41, 5.74) is 4.46. The van der Waals surface area contributed by atoms with E-state index in [2.05, 4.69) is 42.1 Å². The largest absolute Gasteiger partial charge is 0.376 e. The van der Waals surface area contributed by atoms with E-state index in [1.54, 1.807) is 12.1 Å². The van der Waals surface area contributed by atoms with E-state index in [1.165, 1.54) is 11.1 Å². The smallest absolute Gasteiger partial charge is 0.123 e. The number of pyridine rings is 1. The number of rotatable bonds is 5. The highest BCUT2D eigenvalue weighted by Crippen LogP contribution is 2.36. The molecule has 3 aromatic rings. The number of aromatic nitrogens is 1. The van der Waals surface area contributed by atoms with Crippen LogP contribution in [0.1, 0.15) is 29.5 Å². The first-order valence-electron chi connectivity index (χ1n) is 9.92. The zero-order valence-electron chi connectivity index (χ0n) is 16.6. The Morgan fingerprint density at radius 3 is 2.61 bits per heavy atom. The minimum absolute atomic E-state index is 0.0622. The molecule has 1 aromatic heterocycles. The molecule has 1 aliphatic heterocycles. The number of hydrogen-bond donors (Lipinski definition) is 0. The highest BCUT2D eigenvalue weighted by molar-refractivity contribution is 5.82. The van der Waals surface area contributed by atoms with E-state index in [0.717, 1.165) is 42.4 Å². The van der Waals surface area contributed by atoms with Gasteiger partial charge in [0.1, 0.15) is 5.82 Å². The molecule has 4 heteroatoms. The third-order valence-corrected chi connectivity index (χ3v) is 5.96. The lowest BCUT2D eigenvalue weighted by atomic mass is 9.73. The fraction of sp³-hybridized carbons (Fsp3) is 0.375. The minimum atomic E-state index is -0.190. The van der Waals surface area contributed by atoms with Crippen LogP contribution in [0.2, 0.25) is 0 Å². The molecule has 2 aromatic carbocycles. The van der Waals surface area contributed by atoms with Crippen molar-refractivity contribution in [1.82, 2.24) is 9.88 Å². The molecule has 0 bridgehead atoms. The van der Waals surface area contributed by atoms with Gasteiger partial charge in [-0.2, -0.15) is 0 Å². The lowest BCUT2D eigenvalue weighted by Crippen LogP contribution is -2.43. The maximum Gasteiger partial charge on any atom is 0.123 e. The second-order valence-electron chi connectivity index (χ2n) is 8.08. The van der Waals surface area contributed by atoms with Crippen molar-refractivity contribution >= 4 is 10.9 Å². The molecular formula is C24H27FN2O. The van der Waals surface area contributed by atoms with Gasteiger partial charge < -0.3 is 9.64 Å². The predicted molar refractivity (Wildman–Crippen MR) is 111 cm³/mol. The van der Waals surface area contributed by atoms with Gasteiger partial charge in [0.25, 0.3) is 0 Å². The minimum Gasteiger partial charge on any atom is -0.376 e. The molecule has 1 saturated heterocycles. The van der Waals surface area contributed by atoms with Crippen LogP contribution in [-0.4, -0.2) is 36.6 Å². The van der Waals surface area contributed by atoms with Gasteiger partial charge >= 0.3 is 0 Å². The summed E-state index contributed by atoms with van der Waals surface area (Å²) in [6.45, 7) is 5.32. The molecule has 0 saturated carbocycles. The van der Waals surface area contributed by atoms with Gasteiger partial charge in [-0.3, -0.25) is 4.98 Å². The van der Waals surface area contributed by atoms with E-state index in [1.807, 2.05) is 24.4 Å². The lowest BCUT2D eigenvalue weighted by Gasteiger charge is -2.41. The number of likely N-dealkylation sites (tertiary alicyclic amines) is 1. The molecule has 4 rings (SSSR count). The lowest BCUT2D eigenvalue weighted by molar-refractivity contribution is 0.0411. The molecule has 2 heterocycles. The first kappa shape index (κ1) is 19.0. The van der Waals surface area contributed by atoms with Gasteiger partial charge in [0, 0.05) is 22.6 Å². The summed E-state index contributed by atoms with van der Waals surface area (Å²) in [5.74, 6) is -0.190.